The van der Waals surface area contributed by atoms with Crippen molar-refractivity contribution in [1.29, 1.82) is 0 Å². The molecule has 0 aliphatic carbocycles. The first-order valence-electron chi connectivity index (χ1n) is 6.64. The summed E-state index contributed by atoms with van der Waals surface area (Å²) in [7, 11) is 1.73. The van der Waals surface area contributed by atoms with Crippen LogP contribution < -0.4 is 10.1 Å². The smallest absolute Gasteiger partial charge is 0.142 e. The standard InChI is InChI=1S/C15H25NO2/c1-5-13(11-17-4)16-14-8-6-7-9-15(14)18-10-12(2)3/h6-9,12-13,16H,5,10-11H2,1-4H3. The highest BCUT2D eigenvalue weighted by Gasteiger charge is 2.09. The van der Waals surface area contributed by atoms with Crippen LogP contribution in [0.3, 0.4) is 0 Å². The summed E-state index contributed by atoms with van der Waals surface area (Å²) in [6.07, 6.45) is 1.02. The van der Waals surface area contributed by atoms with Crippen molar-refractivity contribution in [3.63, 3.8) is 0 Å². The monoisotopic (exact) mass is 251 g/mol. The van der Waals surface area contributed by atoms with Gasteiger partial charge in [-0.15, -0.1) is 0 Å². The molecule has 1 N–H and O–H groups in total. The average molecular weight is 251 g/mol. The highest BCUT2D eigenvalue weighted by Crippen LogP contribution is 2.25. The van der Waals surface area contributed by atoms with E-state index in [4.69, 9.17) is 9.47 Å². The summed E-state index contributed by atoms with van der Waals surface area (Å²) < 4.78 is 11.0. The molecule has 0 aliphatic heterocycles. The Bertz CT molecular complexity index is 339. The summed E-state index contributed by atoms with van der Waals surface area (Å²) in [6, 6.07) is 8.39. The maximum atomic E-state index is 5.82. The minimum Gasteiger partial charge on any atom is -0.491 e. The van der Waals surface area contributed by atoms with Gasteiger partial charge in [-0.2, -0.15) is 0 Å². The first-order valence-corrected chi connectivity index (χ1v) is 6.64. The first kappa shape index (κ1) is 14.8. The van der Waals surface area contributed by atoms with Crippen LogP contribution in [-0.4, -0.2) is 26.4 Å². The predicted molar refractivity (Wildman–Crippen MR) is 76.4 cm³/mol. The Morgan fingerprint density at radius 2 is 1.89 bits per heavy atom. The third-order valence-electron chi connectivity index (χ3n) is 2.68. The zero-order valence-corrected chi connectivity index (χ0v) is 11.9. The third-order valence-corrected chi connectivity index (χ3v) is 2.68. The number of hydrogen-bond donors (Lipinski definition) is 1. The molecule has 1 unspecified atom stereocenters. The zero-order chi connectivity index (χ0) is 13.4. The van der Waals surface area contributed by atoms with Gasteiger partial charge in [0, 0.05) is 13.2 Å². The Balaban J connectivity index is 2.68. The van der Waals surface area contributed by atoms with Gasteiger partial charge in [0.1, 0.15) is 5.75 Å². The minimum atomic E-state index is 0.318. The Kier molecular flexibility index (Phi) is 6.58. The van der Waals surface area contributed by atoms with Gasteiger partial charge in [-0.05, 0) is 24.5 Å². The van der Waals surface area contributed by atoms with Crippen molar-refractivity contribution in [2.24, 2.45) is 5.92 Å². The Hall–Kier alpha value is -1.22. The summed E-state index contributed by atoms with van der Waals surface area (Å²) in [5.41, 5.74) is 1.04. The van der Waals surface area contributed by atoms with Crippen molar-refractivity contribution < 1.29 is 9.47 Å². The summed E-state index contributed by atoms with van der Waals surface area (Å²) in [4.78, 5) is 0. The van der Waals surface area contributed by atoms with Gasteiger partial charge in [-0.25, -0.2) is 0 Å². The molecule has 0 saturated carbocycles. The molecular formula is C15H25NO2. The maximum absolute atomic E-state index is 5.82. The van der Waals surface area contributed by atoms with Gasteiger partial charge in [-0.3, -0.25) is 0 Å². The lowest BCUT2D eigenvalue weighted by atomic mass is 10.2. The molecule has 0 spiro atoms. The van der Waals surface area contributed by atoms with E-state index in [9.17, 15) is 0 Å². The SMILES string of the molecule is CCC(COC)Nc1ccccc1OCC(C)C. The molecule has 0 fully saturated rings. The van der Waals surface area contributed by atoms with E-state index in [2.05, 4.69) is 26.1 Å². The lowest BCUT2D eigenvalue weighted by Gasteiger charge is -2.20. The number of rotatable bonds is 8. The number of hydrogen-bond acceptors (Lipinski definition) is 3. The fourth-order valence-corrected chi connectivity index (χ4v) is 1.65. The van der Waals surface area contributed by atoms with E-state index < -0.39 is 0 Å². The molecule has 3 heteroatoms. The van der Waals surface area contributed by atoms with Gasteiger partial charge >= 0.3 is 0 Å². The molecule has 1 aromatic rings. The quantitative estimate of drug-likeness (QED) is 0.766. The van der Waals surface area contributed by atoms with Crippen molar-refractivity contribution in [2.75, 3.05) is 25.6 Å². The van der Waals surface area contributed by atoms with Crippen LogP contribution >= 0.6 is 0 Å². The second kappa shape index (κ2) is 7.98. The molecule has 0 amide bonds. The second-order valence-corrected chi connectivity index (χ2v) is 4.91. The minimum absolute atomic E-state index is 0.318. The van der Waals surface area contributed by atoms with Gasteiger partial charge in [-0.1, -0.05) is 32.9 Å². The predicted octanol–water partition coefficient (Wildman–Crippen LogP) is 3.56. The van der Waals surface area contributed by atoms with Gasteiger partial charge in [0.25, 0.3) is 0 Å². The van der Waals surface area contributed by atoms with E-state index >= 15 is 0 Å². The molecule has 3 nitrogen and oxygen atoms in total. The molecule has 18 heavy (non-hydrogen) atoms. The van der Waals surface area contributed by atoms with Crippen LogP contribution in [0, 0.1) is 5.92 Å². The van der Waals surface area contributed by atoms with Crippen LogP contribution in [0.25, 0.3) is 0 Å². The number of benzene rings is 1. The molecular weight excluding hydrogens is 226 g/mol. The van der Waals surface area contributed by atoms with Crippen molar-refractivity contribution in [1.82, 2.24) is 0 Å². The number of ether oxygens (including phenoxy) is 2. The number of methoxy groups -OCH3 is 1. The van der Waals surface area contributed by atoms with Crippen LogP contribution in [0.4, 0.5) is 5.69 Å². The third kappa shape index (κ3) is 4.96. The molecule has 1 rings (SSSR count). The van der Waals surface area contributed by atoms with Crippen molar-refractivity contribution in [2.45, 2.75) is 33.2 Å². The molecule has 1 atom stereocenters. The molecule has 102 valence electrons. The molecule has 0 radical (unpaired) electrons. The second-order valence-electron chi connectivity index (χ2n) is 4.91. The summed E-state index contributed by atoms with van der Waals surface area (Å²) in [6.45, 7) is 7.88. The van der Waals surface area contributed by atoms with Crippen molar-refractivity contribution in [3.8, 4) is 5.75 Å². The fraction of sp³-hybridized carbons (Fsp3) is 0.600. The zero-order valence-electron chi connectivity index (χ0n) is 11.9. The van der Waals surface area contributed by atoms with Crippen LogP contribution in [0.5, 0.6) is 5.75 Å². The fourth-order valence-electron chi connectivity index (χ4n) is 1.65. The molecule has 0 bridgehead atoms. The van der Waals surface area contributed by atoms with E-state index in [-0.39, 0.29) is 0 Å². The maximum Gasteiger partial charge on any atom is 0.142 e. The van der Waals surface area contributed by atoms with Gasteiger partial charge in [0.2, 0.25) is 0 Å². The number of nitrogens with one attached hydrogen (secondary N) is 1. The van der Waals surface area contributed by atoms with E-state index in [1.807, 2.05) is 24.3 Å². The van der Waals surface area contributed by atoms with Crippen LogP contribution in [0.1, 0.15) is 27.2 Å². The van der Waals surface area contributed by atoms with Gasteiger partial charge < -0.3 is 14.8 Å². The van der Waals surface area contributed by atoms with Crippen LogP contribution in [0.15, 0.2) is 24.3 Å². The Morgan fingerprint density at radius 3 is 2.50 bits per heavy atom. The Morgan fingerprint density at radius 1 is 1.17 bits per heavy atom. The van der Waals surface area contributed by atoms with E-state index in [1.165, 1.54) is 0 Å². The summed E-state index contributed by atoms with van der Waals surface area (Å²) >= 11 is 0. The Labute approximate surface area is 110 Å². The molecule has 0 saturated heterocycles. The summed E-state index contributed by atoms with van der Waals surface area (Å²) in [5.74, 6) is 1.44. The highest BCUT2D eigenvalue weighted by molar-refractivity contribution is 5.56. The number of para-hydroxylation sites is 2. The topological polar surface area (TPSA) is 30.5 Å². The average Bonchev–Trinajstić information content (AvgIpc) is 2.37. The first-order chi connectivity index (χ1) is 8.67. The lowest BCUT2D eigenvalue weighted by molar-refractivity contribution is 0.184. The van der Waals surface area contributed by atoms with Gasteiger partial charge in [0.15, 0.2) is 0 Å². The molecule has 0 aliphatic rings. The highest BCUT2D eigenvalue weighted by atomic mass is 16.5. The van der Waals surface area contributed by atoms with Crippen molar-refractivity contribution in [3.05, 3.63) is 24.3 Å². The largest absolute Gasteiger partial charge is 0.491 e. The number of anilines is 1. The normalized spacial score (nSPS) is 12.5. The van der Waals surface area contributed by atoms with E-state index in [1.54, 1.807) is 7.11 Å². The van der Waals surface area contributed by atoms with E-state index in [0.29, 0.717) is 18.6 Å². The van der Waals surface area contributed by atoms with Gasteiger partial charge in [0.05, 0.1) is 18.9 Å². The molecule has 1 aromatic carbocycles. The lowest BCUT2D eigenvalue weighted by Crippen LogP contribution is -2.24. The molecule has 0 aromatic heterocycles. The van der Waals surface area contributed by atoms with Crippen LogP contribution in [-0.2, 0) is 4.74 Å². The van der Waals surface area contributed by atoms with Crippen molar-refractivity contribution >= 4 is 5.69 Å². The molecule has 0 heterocycles. The van der Waals surface area contributed by atoms with Crippen LogP contribution in [0.2, 0.25) is 0 Å². The van der Waals surface area contributed by atoms with E-state index in [0.717, 1.165) is 24.5 Å². The summed E-state index contributed by atoms with van der Waals surface area (Å²) in [5, 5.41) is 3.47.